The molecule has 0 amide bonds. The minimum absolute atomic E-state index is 0.188. The summed E-state index contributed by atoms with van der Waals surface area (Å²) in [5, 5.41) is 4.07. The summed E-state index contributed by atoms with van der Waals surface area (Å²) in [4.78, 5) is 23.6. The van der Waals surface area contributed by atoms with Gasteiger partial charge in [0.2, 0.25) is 0 Å². The van der Waals surface area contributed by atoms with Gasteiger partial charge in [-0.05, 0) is 0 Å². The molecule has 0 aliphatic carbocycles. The molecular weight excluding hydrogens is 250 g/mol. The van der Waals surface area contributed by atoms with Gasteiger partial charge in [0.15, 0.2) is 5.82 Å². The molecule has 0 aromatic carbocycles. The molecule has 0 atom stereocenters. The summed E-state index contributed by atoms with van der Waals surface area (Å²) in [7, 11) is 1.82. The second kappa shape index (κ2) is 4.19. The van der Waals surface area contributed by atoms with Crippen molar-refractivity contribution >= 4 is 11.3 Å². The molecule has 0 radical (unpaired) electrons. The second-order valence-corrected chi connectivity index (χ2v) is 4.63. The average molecular weight is 259 g/mol. The van der Waals surface area contributed by atoms with Crippen LogP contribution in [0.4, 0.5) is 0 Å². The lowest BCUT2D eigenvalue weighted by Gasteiger charge is -1.99. The Morgan fingerprint density at radius 1 is 1.39 bits per heavy atom. The lowest BCUT2D eigenvalue weighted by Crippen LogP contribution is -2.07. The third-order valence-corrected chi connectivity index (χ3v) is 3.19. The van der Waals surface area contributed by atoms with Gasteiger partial charge >= 0.3 is 0 Å². The SMILES string of the molecule is Cn1cc(-c2cc(=O)[nH]c(-c3cncs3)n2)cn1. The number of aromatic nitrogens is 5. The summed E-state index contributed by atoms with van der Waals surface area (Å²) in [6.07, 6.45) is 5.17. The van der Waals surface area contributed by atoms with Crippen LogP contribution >= 0.6 is 11.3 Å². The minimum atomic E-state index is -0.188. The second-order valence-electron chi connectivity index (χ2n) is 3.75. The van der Waals surface area contributed by atoms with E-state index >= 15 is 0 Å². The average Bonchev–Trinajstić information content (AvgIpc) is 2.98. The Bertz CT molecular complexity index is 728. The van der Waals surface area contributed by atoms with Crippen LogP contribution in [0.2, 0.25) is 0 Å². The monoisotopic (exact) mass is 259 g/mol. The zero-order valence-corrected chi connectivity index (χ0v) is 10.3. The van der Waals surface area contributed by atoms with Crippen LogP contribution in [0.5, 0.6) is 0 Å². The van der Waals surface area contributed by atoms with Crippen molar-refractivity contribution in [2.75, 3.05) is 0 Å². The molecule has 18 heavy (non-hydrogen) atoms. The lowest BCUT2D eigenvalue weighted by molar-refractivity contribution is 0.768. The third-order valence-electron chi connectivity index (χ3n) is 2.41. The van der Waals surface area contributed by atoms with E-state index in [-0.39, 0.29) is 5.56 Å². The Hall–Kier alpha value is -2.28. The number of aryl methyl sites for hydroxylation is 1. The summed E-state index contributed by atoms with van der Waals surface area (Å²) in [5.74, 6) is 0.531. The maximum atomic E-state index is 11.6. The molecule has 3 aromatic rings. The first-order valence-electron chi connectivity index (χ1n) is 5.21. The Kier molecular flexibility index (Phi) is 2.52. The van der Waals surface area contributed by atoms with Gasteiger partial charge in [0.1, 0.15) is 0 Å². The van der Waals surface area contributed by atoms with E-state index in [0.29, 0.717) is 11.5 Å². The number of nitrogens with zero attached hydrogens (tertiary/aromatic N) is 4. The van der Waals surface area contributed by atoms with Crippen molar-refractivity contribution < 1.29 is 0 Å². The van der Waals surface area contributed by atoms with Crippen LogP contribution < -0.4 is 5.56 Å². The molecule has 0 aliphatic heterocycles. The van der Waals surface area contributed by atoms with Crippen LogP contribution in [-0.4, -0.2) is 24.7 Å². The molecule has 0 fully saturated rings. The Morgan fingerprint density at radius 2 is 2.28 bits per heavy atom. The number of aromatic amines is 1. The minimum Gasteiger partial charge on any atom is -0.306 e. The largest absolute Gasteiger partial charge is 0.306 e. The van der Waals surface area contributed by atoms with Crippen molar-refractivity contribution in [3.8, 4) is 22.0 Å². The van der Waals surface area contributed by atoms with Crippen molar-refractivity contribution in [3.05, 3.63) is 40.5 Å². The number of hydrogen-bond acceptors (Lipinski definition) is 5. The van der Waals surface area contributed by atoms with Gasteiger partial charge in [-0.1, -0.05) is 0 Å². The van der Waals surface area contributed by atoms with Gasteiger partial charge in [0.05, 0.1) is 22.3 Å². The molecule has 6 nitrogen and oxygen atoms in total. The summed E-state index contributed by atoms with van der Waals surface area (Å²) < 4.78 is 1.67. The molecule has 3 heterocycles. The molecule has 0 spiro atoms. The van der Waals surface area contributed by atoms with Gasteiger partial charge in [-0.3, -0.25) is 14.5 Å². The first kappa shape index (κ1) is 10.8. The van der Waals surface area contributed by atoms with E-state index in [2.05, 4.69) is 20.1 Å². The normalized spacial score (nSPS) is 10.7. The van der Waals surface area contributed by atoms with E-state index in [1.165, 1.54) is 17.4 Å². The van der Waals surface area contributed by atoms with E-state index in [1.54, 1.807) is 22.6 Å². The zero-order valence-electron chi connectivity index (χ0n) is 9.49. The van der Waals surface area contributed by atoms with Crippen molar-refractivity contribution in [1.82, 2.24) is 24.7 Å². The predicted molar refractivity (Wildman–Crippen MR) is 68.2 cm³/mol. The first-order valence-corrected chi connectivity index (χ1v) is 6.09. The first-order chi connectivity index (χ1) is 8.72. The Morgan fingerprint density at radius 3 is 2.94 bits per heavy atom. The van der Waals surface area contributed by atoms with E-state index in [9.17, 15) is 4.79 Å². The van der Waals surface area contributed by atoms with Crippen molar-refractivity contribution in [2.45, 2.75) is 0 Å². The smallest absolute Gasteiger partial charge is 0.251 e. The molecule has 0 saturated carbocycles. The number of thiazole rings is 1. The fourth-order valence-corrected chi connectivity index (χ4v) is 2.17. The quantitative estimate of drug-likeness (QED) is 0.752. The Balaban J connectivity index is 2.15. The Labute approximate surface area is 106 Å². The van der Waals surface area contributed by atoms with Gasteiger partial charge in [0, 0.05) is 31.1 Å². The molecular formula is C11H9N5OS. The van der Waals surface area contributed by atoms with Gasteiger partial charge in [-0.25, -0.2) is 4.98 Å². The van der Waals surface area contributed by atoms with Crippen LogP contribution in [-0.2, 0) is 7.05 Å². The molecule has 90 valence electrons. The van der Waals surface area contributed by atoms with Gasteiger partial charge in [-0.2, -0.15) is 5.10 Å². The molecule has 7 heteroatoms. The fraction of sp³-hybridized carbons (Fsp3) is 0.0909. The highest BCUT2D eigenvalue weighted by atomic mass is 32.1. The van der Waals surface area contributed by atoms with Crippen molar-refractivity contribution in [1.29, 1.82) is 0 Å². The van der Waals surface area contributed by atoms with Crippen LogP contribution in [0.25, 0.3) is 22.0 Å². The van der Waals surface area contributed by atoms with Crippen LogP contribution in [0.1, 0.15) is 0 Å². The predicted octanol–water partition coefficient (Wildman–Crippen LogP) is 1.29. The zero-order chi connectivity index (χ0) is 12.5. The van der Waals surface area contributed by atoms with E-state index in [0.717, 1.165) is 10.4 Å². The van der Waals surface area contributed by atoms with Gasteiger partial charge in [0.25, 0.3) is 5.56 Å². The number of rotatable bonds is 2. The molecule has 3 aromatic heterocycles. The molecule has 0 unspecified atom stereocenters. The highest BCUT2D eigenvalue weighted by Gasteiger charge is 2.08. The van der Waals surface area contributed by atoms with Crippen LogP contribution in [0, 0.1) is 0 Å². The maximum absolute atomic E-state index is 11.6. The van der Waals surface area contributed by atoms with Gasteiger partial charge < -0.3 is 4.98 Å². The molecule has 1 N–H and O–H groups in total. The number of nitrogens with one attached hydrogen (secondary N) is 1. The molecule has 0 saturated heterocycles. The van der Waals surface area contributed by atoms with Crippen LogP contribution in [0.15, 0.2) is 35.0 Å². The highest BCUT2D eigenvalue weighted by molar-refractivity contribution is 7.13. The number of hydrogen-bond donors (Lipinski definition) is 1. The van der Waals surface area contributed by atoms with E-state index < -0.39 is 0 Å². The van der Waals surface area contributed by atoms with E-state index in [4.69, 9.17) is 0 Å². The standard InChI is InChI=1S/C11H9N5OS/c1-16-5-7(3-13-16)8-2-10(17)15-11(14-8)9-4-12-6-18-9/h2-6H,1H3,(H,14,15,17). The highest BCUT2D eigenvalue weighted by Crippen LogP contribution is 2.21. The van der Waals surface area contributed by atoms with E-state index in [1.807, 2.05) is 13.2 Å². The van der Waals surface area contributed by atoms with Crippen LogP contribution in [0.3, 0.4) is 0 Å². The maximum Gasteiger partial charge on any atom is 0.251 e. The fourth-order valence-electron chi connectivity index (χ4n) is 1.61. The summed E-state index contributed by atoms with van der Waals surface area (Å²) in [5.41, 5.74) is 2.93. The van der Waals surface area contributed by atoms with Gasteiger partial charge in [-0.15, -0.1) is 11.3 Å². The molecule has 0 bridgehead atoms. The van der Waals surface area contributed by atoms with Crippen molar-refractivity contribution in [3.63, 3.8) is 0 Å². The lowest BCUT2D eigenvalue weighted by atomic mass is 10.2. The molecule has 3 rings (SSSR count). The topological polar surface area (TPSA) is 76.5 Å². The summed E-state index contributed by atoms with van der Waals surface area (Å²) in [6.45, 7) is 0. The molecule has 0 aliphatic rings. The number of H-pyrrole nitrogens is 1. The summed E-state index contributed by atoms with van der Waals surface area (Å²) >= 11 is 1.43. The van der Waals surface area contributed by atoms with Crippen molar-refractivity contribution in [2.24, 2.45) is 7.05 Å². The third kappa shape index (κ3) is 1.95. The summed E-state index contributed by atoms with van der Waals surface area (Å²) in [6, 6.07) is 1.46.